The molecule has 0 fully saturated rings. The van der Waals surface area contributed by atoms with Crippen LogP contribution < -0.4 is 5.32 Å². The van der Waals surface area contributed by atoms with Gasteiger partial charge in [0, 0.05) is 6.04 Å². The summed E-state index contributed by atoms with van der Waals surface area (Å²) < 4.78 is 0. The zero-order valence-corrected chi connectivity index (χ0v) is 7.03. The van der Waals surface area contributed by atoms with Crippen LogP contribution in [0.2, 0.25) is 0 Å². The highest BCUT2D eigenvalue weighted by Crippen LogP contribution is 1.93. The van der Waals surface area contributed by atoms with Crippen molar-refractivity contribution in [3.05, 3.63) is 0 Å². The topological polar surface area (TPSA) is 69.6 Å². The lowest BCUT2D eigenvalue weighted by Gasteiger charge is -2.19. The molecule has 0 aromatic rings. The van der Waals surface area contributed by atoms with E-state index in [1.54, 1.807) is 20.8 Å². The van der Waals surface area contributed by atoms with Gasteiger partial charge in [-0.1, -0.05) is 0 Å². The third-order valence-electron chi connectivity index (χ3n) is 1.61. The molecule has 0 radical (unpaired) electrons. The first-order chi connectivity index (χ1) is 4.95. The third kappa shape index (κ3) is 3.95. The van der Waals surface area contributed by atoms with Crippen molar-refractivity contribution in [1.82, 2.24) is 5.32 Å². The molecule has 4 nitrogen and oxygen atoms in total. The molecule has 2 unspecified atom stereocenters. The van der Waals surface area contributed by atoms with Crippen LogP contribution in [0.3, 0.4) is 0 Å². The molecule has 0 amide bonds. The van der Waals surface area contributed by atoms with E-state index in [1.807, 2.05) is 0 Å². The normalized spacial score (nSPS) is 18.9. The SMILES string of the molecule is CC(O)C(C)N[C@@H](C)C(=O)O. The van der Waals surface area contributed by atoms with Crippen molar-refractivity contribution in [2.45, 2.75) is 39.0 Å². The Kier molecular flexibility index (Phi) is 4.07. The van der Waals surface area contributed by atoms with Gasteiger partial charge in [0.2, 0.25) is 0 Å². The number of aliphatic hydroxyl groups is 1. The van der Waals surface area contributed by atoms with Gasteiger partial charge in [-0.3, -0.25) is 10.1 Å². The Bertz CT molecular complexity index is 136. The molecule has 0 saturated heterocycles. The standard InChI is InChI=1S/C7H15NO3/c1-4(6(3)9)8-5(2)7(10)11/h4-6,8-9H,1-3H3,(H,10,11)/t4?,5-,6?/m0/s1. The maximum absolute atomic E-state index is 10.3. The molecule has 0 rings (SSSR count). The number of carboxylic acid groups (broad SMARTS) is 1. The summed E-state index contributed by atoms with van der Waals surface area (Å²) in [6, 6.07) is -0.805. The van der Waals surface area contributed by atoms with Crippen molar-refractivity contribution in [2.24, 2.45) is 0 Å². The van der Waals surface area contributed by atoms with E-state index in [1.165, 1.54) is 0 Å². The molecule has 0 heterocycles. The van der Waals surface area contributed by atoms with Gasteiger partial charge in [-0.05, 0) is 20.8 Å². The van der Waals surface area contributed by atoms with Crippen LogP contribution in [0.4, 0.5) is 0 Å². The smallest absolute Gasteiger partial charge is 0.320 e. The summed E-state index contributed by atoms with van der Waals surface area (Å²) in [6.45, 7) is 4.90. The highest BCUT2D eigenvalue weighted by molar-refractivity contribution is 5.72. The molecule has 0 spiro atoms. The molecule has 4 heteroatoms. The molecule has 0 aliphatic carbocycles. The van der Waals surface area contributed by atoms with Gasteiger partial charge in [0.1, 0.15) is 6.04 Å². The first-order valence-electron chi connectivity index (χ1n) is 3.62. The number of aliphatic carboxylic acids is 1. The number of rotatable bonds is 4. The van der Waals surface area contributed by atoms with Crippen LogP contribution >= 0.6 is 0 Å². The van der Waals surface area contributed by atoms with Crippen molar-refractivity contribution in [1.29, 1.82) is 0 Å². The van der Waals surface area contributed by atoms with E-state index < -0.39 is 18.1 Å². The number of aliphatic hydroxyl groups excluding tert-OH is 1. The van der Waals surface area contributed by atoms with E-state index in [0.717, 1.165) is 0 Å². The fourth-order valence-corrected chi connectivity index (χ4v) is 0.605. The minimum absolute atomic E-state index is 0.193. The lowest BCUT2D eigenvalue weighted by Crippen LogP contribution is -2.44. The van der Waals surface area contributed by atoms with E-state index in [4.69, 9.17) is 10.2 Å². The molecule has 0 aliphatic heterocycles. The van der Waals surface area contributed by atoms with E-state index in [-0.39, 0.29) is 6.04 Å². The second kappa shape index (κ2) is 4.31. The lowest BCUT2D eigenvalue weighted by molar-refractivity contribution is -0.139. The summed E-state index contributed by atoms with van der Waals surface area (Å²) in [5.74, 6) is -0.905. The molecule has 0 aliphatic rings. The summed E-state index contributed by atoms with van der Waals surface area (Å²) in [4.78, 5) is 10.3. The fraction of sp³-hybridized carbons (Fsp3) is 0.857. The van der Waals surface area contributed by atoms with Crippen LogP contribution in [0.15, 0.2) is 0 Å². The van der Waals surface area contributed by atoms with Gasteiger partial charge in [0.05, 0.1) is 6.10 Å². The van der Waals surface area contributed by atoms with Gasteiger partial charge in [0.25, 0.3) is 0 Å². The van der Waals surface area contributed by atoms with Crippen LogP contribution in [0.1, 0.15) is 20.8 Å². The predicted octanol–water partition coefficient (Wildman–Crippen LogP) is -0.182. The molecule has 0 saturated carbocycles. The molecule has 3 atom stereocenters. The highest BCUT2D eigenvalue weighted by Gasteiger charge is 2.16. The average Bonchev–Trinajstić information content (AvgIpc) is 1.87. The average molecular weight is 161 g/mol. The largest absolute Gasteiger partial charge is 0.480 e. The van der Waals surface area contributed by atoms with E-state index in [9.17, 15) is 4.79 Å². The van der Waals surface area contributed by atoms with Gasteiger partial charge in [-0.2, -0.15) is 0 Å². The van der Waals surface area contributed by atoms with Gasteiger partial charge in [0.15, 0.2) is 0 Å². The minimum atomic E-state index is -0.905. The highest BCUT2D eigenvalue weighted by atomic mass is 16.4. The molecule has 0 aromatic heterocycles. The van der Waals surface area contributed by atoms with Gasteiger partial charge in [-0.25, -0.2) is 0 Å². The number of nitrogens with one attached hydrogen (secondary N) is 1. The van der Waals surface area contributed by atoms with Gasteiger partial charge in [-0.15, -0.1) is 0 Å². The van der Waals surface area contributed by atoms with E-state index in [0.29, 0.717) is 0 Å². The molecule has 66 valence electrons. The molecule has 0 bridgehead atoms. The van der Waals surface area contributed by atoms with Crippen molar-refractivity contribution in [3.8, 4) is 0 Å². The zero-order chi connectivity index (χ0) is 9.02. The fourth-order valence-electron chi connectivity index (χ4n) is 0.605. The number of carbonyl (C=O) groups is 1. The Morgan fingerprint density at radius 3 is 2.09 bits per heavy atom. The first kappa shape index (κ1) is 10.4. The second-order valence-electron chi connectivity index (χ2n) is 2.76. The van der Waals surface area contributed by atoms with Crippen molar-refractivity contribution < 1.29 is 15.0 Å². The van der Waals surface area contributed by atoms with Gasteiger partial charge < -0.3 is 10.2 Å². The van der Waals surface area contributed by atoms with Crippen LogP contribution in [-0.4, -0.2) is 34.4 Å². The zero-order valence-electron chi connectivity index (χ0n) is 7.03. The van der Waals surface area contributed by atoms with Crippen molar-refractivity contribution in [2.75, 3.05) is 0 Å². The van der Waals surface area contributed by atoms with E-state index in [2.05, 4.69) is 5.32 Å². The summed E-state index contributed by atoms with van der Waals surface area (Å²) in [7, 11) is 0. The van der Waals surface area contributed by atoms with Gasteiger partial charge >= 0.3 is 5.97 Å². The monoisotopic (exact) mass is 161 g/mol. The van der Waals surface area contributed by atoms with Crippen LogP contribution in [0.25, 0.3) is 0 Å². The number of hydrogen-bond donors (Lipinski definition) is 3. The van der Waals surface area contributed by atoms with Crippen LogP contribution in [0.5, 0.6) is 0 Å². The predicted molar refractivity (Wildman–Crippen MR) is 41.4 cm³/mol. The summed E-state index contributed by atoms with van der Waals surface area (Å²) >= 11 is 0. The van der Waals surface area contributed by atoms with Crippen molar-refractivity contribution in [3.63, 3.8) is 0 Å². The summed E-state index contributed by atoms with van der Waals surface area (Å²) in [6.07, 6.45) is -0.531. The number of hydrogen-bond acceptors (Lipinski definition) is 3. The van der Waals surface area contributed by atoms with E-state index >= 15 is 0 Å². The molecular weight excluding hydrogens is 146 g/mol. The molecule has 3 N–H and O–H groups in total. The van der Waals surface area contributed by atoms with Crippen LogP contribution in [0, 0.1) is 0 Å². The third-order valence-corrected chi connectivity index (χ3v) is 1.61. The minimum Gasteiger partial charge on any atom is -0.480 e. The second-order valence-corrected chi connectivity index (χ2v) is 2.76. The Morgan fingerprint density at radius 1 is 1.36 bits per heavy atom. The molecule has 0 aromatic carbocycles. The van der Waals surface area contributed by atoms with Crippen molar-refractivity contribution >= 4 is 5.97 Å². The Morgan fingerprint density at radius 2 is 1.82 bits per heavy atom. The number of carboxylic acids is 1. The molecular formula is C7H15NO3. The first-order valence-corrected chi connectivity index (χ1v) is 3.62. The Hall–Kier alpha value is -0.610. The summed E-state index contributed by atoms with van der Waals surface area (Å²) in [5.41, 5.74) is 0. The molecule has 11 heavy (non-hydrogen) atoms. The maximum Gasteiger partial charge on any atom is 0.320 e. The maximum atomic E-state index is 10.3. The Balaban J connectivity index is 3.75. The van der Waals surface area contributed by atoms with Crippen LogP contribution in [-0.2, 0) is 4.79 Å². The quantitative estimate of drug-likeness (QED) is 0.535. The Labute approximate surface area is 66.2 Å². The lowest BCUT2D eigenvalue weighted by atomic mass is 10.2. The summed E-state index contributed by atoms with van der Waals surface area (Å²) in [5, 5.41) is 20.2.